The lowest BCUT2D eigenvalue weighted by molar-refractivity contribution is 0.128. The second-order valence-corrected chi connectivity index (χ2v) is 4.38. The van der Waals surface area contributed by atoms with Crippen LogP contribution in [0.2, 0.25) is 5.15 Å². The number of nitriles is 1. The fraction of sp³-hybridized carbons (Fsp3) is 0.615. The quantitative estimate of drug-likeness (QED) is 0.650. The fourth-order valence-corrected chi connectivity index (χ4v) is 1.79. The standard InChI is InChI=1S/C13H19ClN4O2/c1-3-20-10-12-16-11(14)9-13(17-12)18(6-4-5-15)7-8-19-2/h9H,3-4,6-8,10H2,1-2H3. The molecule has 0 bridgehead atoms. The van der Waals surface area contributed by atoms with Crippen molar-refractivity contribution in [2.75, 3.05) is 38.3 Å². The van der Waals surface area contributed by atoms with Crippen LogP contribution in [0.5, 0.6) is 0 Å². The Kier molecular flexibility index (Phi) is 7.88. The Morgan fingerprint density at radius 1 is 1.40 bits per heavy atom. The molecule has 0 aromatic carbocycles. The summed E-state index contributed by atoms with van der Waals surface area (Å²) in [5, 5.41) is 9.09. The SMILES string of the molecule is CCOCc1nc(Cl)cc(N(CCC#N)CCOC)n1. The molecule has 0 N–H and O–H groups in total. The van der Waals surface area contributed by atoms with Crippen LogP contribution in [-0.2, 0) is 16.1 Å². The molecule has 0 atom stereocenters. The van der Waals surface area contributed by atoms with Gasteiger partial charge in [0.1, 0.15) is 17.6 Å². The summed E-state index contributed by atoms with van der Waals surface area (Å²) in [6, 6.07) is 3.81. The van der Waals surface area contributed by atoms with Gasteiger partial charge in [-0.25, -0.2) is 9.97 Å². The Bertz CT molecular complexity index is 450. The smallest absolute Gasteiger partial charge is 0.158 e. The third kappa shape index (κ3) is 5.70. The van der Waals surface area contributed by atoms with E-state index in [1.807, 2.05) is 11.8 Å². The highest BCUT2D eigenvalue weighted by Gasteiger charge is 2.11. The Morgan fingerprint density at radius 2 is 2.20 bits per heavy atom. The van der Waals surface area contributed by atoms with Gasteiger partial charge in [0.2, 0.25) is 0 Å². The minimum absolute atomic E-state index is 0.320. The van der Waals surface area contributed by atoms with E-state index in [1.54, 1.807) is 13.2 Å². The molecule has 6 nitrogen and oxygen atoms in total. The lowest BCUT2D eigenvalue weighted by atomic mass is 10.3. The minimum Gasteiger partial charge on any atom is -0.383 e. The average Bonchev–Trinajstić information content (AvgIpc) is 2.44. The molecule has 0 saturated carbocycles. The van der Waals surface area contributed by atoms with E-state index in [4.69, 9.17) is 26.3 Å². The number of hydrogen-bond donors (Lipinski definition) is 0. The first kappa shape index (κ1) is 16.6. The van der Waals surface area contributed by atoms with Gasteiger partial charge in [-0.2, -0.15) is 5.26 Å². The maximum Gasteiger partial charge on any atom is 0.158 e. The van der Waals surface area contributed by atoms with E-state index in [-0.39, 0.29) is 0 Å². The van der Waals surface area contributed by atoms with Crippen LogP contribution in [0.1, 0.15) is 19.2 Å². The summed E-state index contributed by atoms with van der Waals surface area (Å²) in [4.78, 5) is 10.5. The number of methoxy groups -OCH3 is 1. The van der Waals surface area contributed by atoms with E-state index in [9.17, 15) is 0 Å². The lowest BCUT2D eigenvalue weighted by Gasteiger charge is -2.22. The molecular formula is C13H19ClN4O2. The fourth-order valence-electron chi connectivity index (χ4n) is 1.60. The Labute approximate surface area is 124 Å². The van der Waals surface area contributed by atoms with Gasteiger partial charge in [-0.1, -0.05) is 11.6 Å². The Balaban J connectivity index is 2.87. The first-order valence-electron chi connectivity index (χ1n) is 6.43. The summed E-state index contributed by atoms with van der Waals surface area (Å²) in [5.41, 5.74) is 0. The van der Waals surface area contributed by atoms with Gasteiger partial charge in [0.05, 0.1) is 19.1 Å². The molecule has 1 heterocycles. The van der Waals surface area contributed by atoms with Crippen molar-refractivity contribution in [3.05, 3.63) is 17.0 Å². The Hall–Kier alpha value is -1.42. The van der Waals surface area contributed by atoms with Gasteiger partial charge >= 0.3 is 0 Å². The molecule has 1 rings (SSSR count). The van der Waals surface area contributed by atoms with E-state index in [0.29, 0.717) is 56.1 Å². The van der Waals surface area contributed by atoms with E-state index in [2.05, 4.69) is 16.0 Å². The highest BCUT2D eigenvalue weighted by atomic mass is 35.5. The van der Waals surface area contributed by atoms with Gasteiger partial charge in [0.25, 0.3) is 0 Å². The molecule has 0 saturated heterocycles. The zero-order valence-corrected chi connectivity index (χ0v) is 12.6. The zero-order valence-electron chi connectivity index (χ0n) is 11.8. The summed E-state index contributed by atoms with van der Waals surface area (Å²) in [7, 11) is 1.63. The number of halogens is 1. The van der Waals surface area contributed by atoms with Crippen molar-refractivity contribution in [1.29, 1.82) is 5.26 Å². The van der Waals surface area contributed by atoms with Gasteiger partial charge in [-0.3, -0.25) is 0 Å². The molecule has 1 aromatic rings. The van der Waals surface area contributed by atoms with Crippen molar-refractivity contribution < 1.29 is 9.47 Å². The number of hydrogen-bond acceptors (Lipinski definition) is 6. The second kappa shape index (κ2) is 9.48. The highest BCUT2D eigenvalue weighted by Crippen LogP contribution is 2.17. The van der Waals surface area contributed by atoms with Gasteiger partial charge in [0.15, 0.2) is 5.82 Å². The monoisotopic (exact) mass is 298 g/mol. The Morgan fingerprint density at radius 3 is 2.85 bits per heavy atom. The molecule has 7 heteroatoms. The predicted molar refractivity (Wildman–Crippen MR) is 76.7 cm³/mol. The van der Waals surface area contributed by atoms with Crippen LogP contribution in [0.25, 0.3) is 0 Å². The summed E-state index contributed by atoms with van der Waals surface area (Å²) in [5.74, 6) is 1.22. The van der Waals surface area contributed by atoms with Gasteiger partial charge in [-0.15, -0.1) is 0 Å². The van der Waals surface area contributed by atoms with Crippen LogP contribution in [0, 0.1) is 11.3 Å². The van der Waals surface area contributed by atoms with E-state index in [1.165, 1.54) is 0 Å². The molecule has 0 radical (unpaired) electrons. The van der Waals surface area contributed by atoms with Gasteiger partial charge in [0, 0.05) is 32.9 Å². The average molecular weight is 299 g/mol. The molecule has 0 spiro atoms. The van der Waals surface area contributed by atoms with Crippen LogP contribution in [0.4, 0.5) is 5.82 Å². The van der Waals surface area contributed by atoms with Crippen molar-refractivity contribution in [3.8, 4) is 6.07 Å². The summed E-state index contributed by atoms with van der Waals surface area (Å²) < 4.78 is 10.4. The van der Waals surface area contributed by atoms with Crippen molar-refractivity contribution in [3.63, 3.8) is 0 Å². The highest BCUT2D eigenvalue weighted by molar-refractivity contribution is 6.29. The number of anilines is 1. The normalized spacial score (nSPS) is 10.3. The summed E-state index contributed by atoms with van der Waals surface area (Å²) in [6.07, 6.45) is 0.409. The van der Waals surface area contributed by atoms with Crippen LogP contribution in [-0.4, -0.2) is 43.4 Å². The molecule has 0 aliphatic rings. The molecule has 0 amide bonds. The van der Waals surface area contributed by atoms with E-state index >= 15 is 0 Å². The molecule has 0 fully saturated rings. The van der Waals surface area contributed by atoms with Gasteiger partial charge < -0.3 is 14.4 Å². The van der Waals surface area contributed by atoms with Crippen molar-refractivity contribution >= 4 is 17.4 Å². The van der Waals surface area contributed by atoms with Crippen molar-refractivity contribution in [2.45, 2.75) is 20.0 Å². The minimum atomic E-state index is 0.320. The third-order valence-corrected chi connectivity index (χ3v) is 2.74. The molecule has 0 aliphatic carbocycles. The largest absolute Gasteiger partial charge is 0.383 e. The van der Waals surface area contributed by atoms with E-state index in [0.717, 1.165) is 0 Å². The van der Waals surface area contributed by atoms with Gasteiger partial charge in [-0.05, 0) is 6.92 Å². The zero-order chi connectivity index (χ0) is 14.8. The van der Waals surface area contributed by atoms with Crippen LogP contribution in [0.15, 0.2) is 6.07 Å². The molecule has 1 aromatic heterocycles. The lowest BCUT2D eigenvalue weighted by Crippen LogP contribution is -2.29. The van der Waals surface area contributed by atoms with Crippen LogP contribution >= 0.6 is 11.6 Å². The molecule has 110 valence electrons. The predicted octanol–water partition coefficient (Wildman–Crippen LogP) is 2.03. The van der Waals surface area contributed by atoms with Crippen molar-refractivity contribution in [1.82, 2.24) is 9.97 Å². The first-order valence-corrected chi connectivity index (χ1v) is 6.81. The second-order valence-electron chi connectivity index (χ2n) is 3.99. The molecular weight excluding hydrogens is 280 g/mol. The first-order chi connectivity index (χ1) is 9.71. The summed E-state index contributed by atoms with van der Waals surface area (Å²) in [6.45, 7) is 4.57. The number of aromatic nitrogens is 2. The molecule has 20 heavy (non-hydrogen) atoms. The van der Waals surface area contributed by atoms with Crippen molar-refractivity contribution in [2.24, 2.45) is 0 Å². The van der Waals surface area contributed by atoms with Crippen LogP contribution in [0.3, 0.4) is 0 Å². The number of nitrogens with zero attached hydrogens (tertiary/aromatic N) is 4. The maximum atomic E-state index is 8.73. The van der Waals surface area contributed by atoms with Crippen LogP contribution < -0.4 is 4.90 Å². The molecule has 0 unspecified atom stereocenters. The molecule has 0 aliphatic heterocycles. The number of ether oxygens (including phenoxy) is 2. The topological polar surface area (TPSA) is 71.3 Å². The maximum absolute atomic E-state index is 8.73. The summed E-state index contributed by atoms with van der Waals surface area (Å²) >= 11 is 6.01. The number of rotatable bonds is 9. The third-order valence-electron chi connectivity index (χ3n) is 2.55. The van der Waals surface area contributed by atoms with E-state index < -0.39 is 0 Å².